The quantitative estimate of drug-likeness (QED) is 0.919. The lowest BCUT2D eigenvalue weighted by molar-refractivity contribution is -0.00464. The molecule has 4 heteroatoms. The van der Waals surface area contributed by atoms with Crippen LogP contribution in [0.4, 0.5) is 5.69 Å². The topological polar surface area (TPSA) is 24.5 Å². The van der Waals surface area contributed by atoms with Gasteiger partial charge in [-0.15, -0.1) is 0 Å². The average molecular weight is 283 g/mol. The highest BCUT2D eigenvalue weighted by molar-refractivity contribution is 6.33. The number of ether oxygens (including phenoxy) is 1. The van der Waals surface area contributed by atoms with Crippen molar-refractivity contribution >= 4 is 17.3 Å². The molecule has 106 valence electrons. The summed E-state index contributed by atoms with van der Waals surface area (Å²) in [7, 11) is 3.73. The van der Waals surface area contributed by atoms with Gasteiger partial charge in [0, 0.05) is 26.7 Å². The highest BCUT2D eigenvalue weighted by Gasteiger charge is 2.31. The predicted octanol–water partition coefficient (Wildman–Crippen LogP) is 3.06. The zero-order chi connectivity index (χ0) is 13.9. The number of hydrogen-bond donors (Lipinski definition) is 1. The molecule has 1 N–H and O–H groups in total. The maximum absolute atomic E-state index is 6.42. The largest absolute Gasteiger partial charge is 0.377 e. The number of piperidine rings is 1. The van der Waals surface area contributed by atoms with Gasteiger partial charge in [-0.1, -0.05) is 17.7 Å². The van der Waals surface area contributed by atoms with Crippen LogP contribution in [0.3, 0.4) is 0 Å². The van der Waals surface area contributed by atoms with Crippen LogP contribution >= 0.6 is 11.6 Å². The van der Waals surface area contributed by atoms with E-state index in [2.05, 4.69) is 29.3 Å². The molecule has 1 aliphatic heterocycles. The lowest BCUT2D eigenvalue weighted by Gasteiger charge is -2.41. The Hall–Kier alpha value is -0.770. The second-order valence-electron chi connectivity index (χ2n) is 5.50. The monoisotopic (exact) mass is 282 g/mol. The minimum Gasteiger partial charge on any atom is -0.377 e. The van der Waals surface area contributed by atoms with Gasteiger partial charge in [0.2, 0.25) is 0 Å². The van der Waals surface area contributed by atoms with E-state index in [1.807, 2.05) is 13.1 Å². The van der Waals surface area contributed by atoms with Gasteiger partial charge in [0.05, 0.1) is 16.3 Å². The van der Waals surface area contributed by atoms with Crippen molar-refractivity contribution in [3.8, 4) is 0 Å². The van der Waals surface area contributed by atoms with E-state index in [1.165, 1.54) is 5.56 Å². The number of methoxy groups -OCH3 is 1. The van der Waals surface area contributed by atoms with Gasteiger partial charge in [0.25, 0.3) is 0 Å². The van der Waals surface area contributed by atoms with Crippen LogP contribution in [0.5, 0.6) is 0 Å². The van der Waals surface area contributed by atoms with Crippen LogP contribution in [0.25, 0.3) is 0 Å². The first kappa shape index (κ1) is 14.6. The predicted molar refractivity (Wildman–Crippen MR) is 81.1 cm³/mol. The summed E-state index contributed by atoms with van der Waals surface area (Å²) in [6.45, 7) is 4.96. The Morgan fingerprint density at radius 3 is 2.89 bits per heavy atom. The molecule has 0 aliphatic carbocycles. The van der Waals surface area contributed by atoms with Crippen molar-refractivity contribution in [1.29, 1.82) is 0 Å². The van der Waals surface area contributed by atoms with Crippen LogP contribution < -0.4 is 10.2 Å². The number of rotatable bonds is 4. The summed E-state index contributed by atoms with van der Waals surface area (Å²) in [5.74, 6) is 0. The number of anilines is 1. The molecule has 1 fully saturated rings. The molecular formula is C15H23ClN2O. The summed E-state index contributed by atoms with van der Waals surface area (Å²) in [6.07, 6.45) is 2.24. The number of halogens is 1. The number of hydrogen-bond acceptors (Lipinski definition) is 3. The Balaban J connectivity index is 2.17. The van der Waals surface area contributed by atoms with E-state index in [9.17, 15) is 0 Å². The summed E-state index contributed by atoms with van der Waals surface area (Å²) >= 11 is 6.42. The fourth-order valence-corrected chi connectivity index (χ4v) is 3.02. The summed E-state index contributed by atoms with van der Waals surface area (Å²) in [6, 6.07) is 6.30. The molecule has 1 aliphatic rings. The fourth-order valence-electron chi connectivity index (χ4n) is 2.70. The van der Waals surface area contributed by atoms with E-state index in [4.69, 9.17) is 16.3 Å². The van der Waals surface area contributed by atoms with E-state index in [0.29, 0.717) is 0 Å². The molecule has 19 heavy (non-hydrogen) atoms. The van der Waals surface area contributed by atoms with Gasteiger partial charge in [0.1, 0.15) is 0 Å². The van der Waals surface area contributed by atoms with Crippen LogP contribution in [0.2, 0.25) is 5.02 Å². The summed E-state index contributed by atoms with van der Waals surface area (Å²) < 4.78 is 5.64. The Labute approximate surface area is 120 Å². The van der Waals surface area contributed by atoms with Crippen molar-refractivity contribution < 1.29 is 4.74 Å². The lowest BCUT2D eigenvalue weighted by atomic mass is 9.94. The Morgan fingerprint density at radius 1 is 1.47 bits per heavy atom. The van der Waals surface area contributed by atoms with E-state index >= 15 is 0 Å². The van der Waals surface area contributed by atoms with Crippen molar-refractivity contribution in [2.75, 3.05) is 32.1 Å². The molecule has 1 heterocycles. The van der Waals surface area contributed by atoms with Gasteiger partial charge in [-0.25, -0.2) is 0 Å². The fraction of sp³-hybridized carbons (Fsp3) is 0.600. The molecule has 0 bridgehead atoms. The summed E-state index contributed by atoms with van der Waals surface area (Å²) in [5.41, 5.74) is 2.26. The Morgan fingerprint density at radius 2 is 2.26 bits per heavy atom. The third-order valence-corrected chi connectivity index (χ3v) is 4.19. The lowest BCUT2D eigenvalue weighted by Crippen LogP contribution is -2.47. The van der Waals surface area contributed by atoms with Gasteiger partial charge < -0.3 is 15.0 Å². The molecule has 0 spiro atoms. The molecule has 0 aromatic heterocycles. The summed E-state index contributed by atoms with van der Waals surface area (Å²) in [5, 5.41) is 3.97. The van der Waals surface area contributed by atoms with Crippen LogP contribution in [0, 0.1) is 0 Å². The third kappa shape index (κ3) is 3.41. The van der Waals surface area contributed by atoms with Crippen LogP contribution in [-0.4, -0.2) is 32.8 Å². The molecule has 1 unspecified atom stereocenters. The molecule has 1 saturated heterocycles. The zero-order valence-corrected chi connectivity index (χ0v) is 12.8. The maximum Gasteiger partial charge on any atom is 0.0825 e. The zero-order valence-electron chi connectivity index (χ0n) is 12.0. The standard InChI is InChI=1S/C15H23ClN2O/c1-15(19-3)7-4-8-18(11-15)14-6-5-12(10-17-2)9-13(14)16/h5-6,9,17H,4,7-8,10-11H2,1-3H3. The minimum atomic E-state index is -0.0643. The second-order valence-corrected chi connectivity index (χ2v) is 5.90. The summed E-state index contributed by atoms with van der Waals surface area (Å²) in [4.78, 5) is 2.33. The maximum atomic E-state index is 6.42. The highest BCUT2D eigenvalue weighted by atomic mass is 35.5. The van der Waals surface area contributed by atoms with Crippen LogP contribution in [-0.2, 0) is 11.3 Å². The third-order valence-electron chi connectivity index (χ3n) is 3.89. The van der Waals surface area contributed by atoms with Crippen molar-refractivity contribution in [3.05, 3.63) is 28.8 Å². The van der Waals surface area contributed by atoms with Crippen molar-refractivity contribution in [2.45, 2.75) is 31.9 Å². The van der Waals surface area contributed by atoms with Gasteiger partial charge >= 0.3 is 0 Å². The molecular weight excluding hydrogens is 260 g/mol. The number of benzene rings is 1. The normalized spacial score (nSPS) is 23.7. The Bertz CT molecular complexity index is 438. The molecule has 0 saturated carbocycles. The molecule has 1 aromatic rings. The Kier molecular flexibility index (Phi) is 4.71. The van der Waals surface area contributed by atoms with Gasteiger partial charge in [-0.2, -0.15) is 0 Å². The first-order valence-electron chi connectivity index (χ1n) is 6.81. The second kappa shape index (κ2) is 6.12. The van der Waals surface area contributed by atoms with Crippen molar-refractivity contribution in [2.24, 2.45) is 0 Å². The molecule has 1 atom stereocenters. The van der Waals surface area contributed by atoms with Gasteiger partial charge in [-0.05, 0) is 44.5 Å². The molecule has 1 aromatic carbocycles. The molecule has 2 rings (SSSR count). The minimum absolute atomic E-state index is 0.0643. The first-order valence-corrected chi connectivity index (χ1v) is 7.19. The van der Waals surface area contributed by atoms with Gasteiger partial charge in [-0.3, -0.25) is 0 Å². The van der Waals surface area contributed by atoms with Crippen LogP contribution in [0.1, 0.15) is 25.3 Å². The van der Waals surface area contributed by atoms with Crippen molar-refractivity contribution in [1.82, 2.24) is 5.32 Å². The van der Waals surface area contributed by atoms with E-state index in [0.717, 1.165) is 43.2 Å². The molecule has 3 nitrogen and oxygen atoms in total. The van der Waals surface area contributed by atoms with E-state index < -0.39 is 0 Å². The van der Waals surface area contributed by atoms with Crippen molar-refractivity contribution in [3.63, 3.8) is 0 Å². The number of nitrogens with zero attached hydrogens (tertiary/aromatic N) is 1. The number of nitrogens with one attached hydrogen (secondary N) is 1. The molecule has 0 radical (unpaired) electrons. The highest BCUT2D eigenvalue weighted by Crippen LogP contribution is 2.32. The SMILES string of the molecule is CNCc1ccc(N2CCCC(C)(OC)C2)c(Cl)c1. The van der Waals surface area contributed by atoms with Gasteiger partial charge in [0.15, 0.2) is 0 Å². The smallest absolute Gasteiger partial charge is 0.0825 e. The molecule has 0 amide bonds. The van der Waals surface area contributed by atoms with Crippen LogP contribution in [0.15, 0.2) is 18.2 Å². The average Bonchev–Trinajstić information content (AvgIpc) is 2.39. The van der Waals surface area contributed by atoms with E-state index in [1.54, 1.807) is 7.11 Å². The first-order chi connectivity index (χ1) is 9.08. The van der Waals surface area contributed by atoms with E-state index in [-0.39, 0.29) is 5.60 Å².